The normalized spacial score (nSPS) is 36.5. The van der Waals surface area contributed by atoms with Gasteiger partial charge in [0.1, 0.15) is 0 Å². The highest BCUT2D eigenvalue weighted by atomic mass is 16.4. The van der Waals surface area contributed by atoms with Crippen molar-refractivity contribution < 1.29 is 9.90 Å². The highest BCUT2D eigenvalue weighted by molar-refractivity contribution is 5.65. The monoisotopic (exact) mass is 198 g/mol. The first-order valence-corrected chi connectivity index (χ1v) is 5.10. The summed E-state index contributed by atoms with van der Waals surface area (Å²) in [6.45, 7) is 7.78. The van der Waals surface area contributed by atoms with Crippen molar-refractivity contribution in [3.63, 3.8) is 0 Å². The molecule has 3 aliphatic rings. The van der Waals surface area contributed by atoms with E-state index in [1.165, 1.54) is 4.90 Å². The van der Waals surface area contributed by atoms with Gasteiger partial charge in [0.15, 0.2) is 0 Å². The number of rotatable bonds is 0. The molecule has 4 heteroatoms. The van der Waals surface area contributed by atoms with E-state index in [0.29, 0.717) is 19.1 Å². The van der Waals surface area contributed by atoms with E-state index in [0.717, 1.165) is 6.42 Å². The molecule has 14 heavy (non-hydrogen) atoms. The predicted molar refractivity (Wildman–Crippen MR) is 53.3 cm³/mol. The summed E-state index contributed by atoms with van der Waals surface area (Å²) in [5, 5.41) is 12.5. The number of hydrogen-bond donors (Lipinski definition) is 2. The summed E-state index contributed by atoms with van der Waals surface area (Å²) >= 11 is 0. The number of amides is 1. The molecule has 3 saturated heterocycles. The number of piperazine rings is 1. The molecule has 0 saturated carbocycles. The van der Waals surface area contributed by atoms with Gasteiger partial charge in [-0.2, -0.15) is 0 Å². The molecule has 3 aliphatic heterocycles. The lowest BCUT2D eigenvalue weighted by molar-refractivity contribution is -0.0559. The molecule has 2 atom stereocenters. The van der Waals surface area contributed by atoms with E-state index < -0.39 is 6.09 Å². The van der Waals surface area contributed by atoms with Crippen molar-refractivity contribution in [2.75, 3.05) is 13.1 Å². The summed E-state index contributed by atoms with van der Waals surface area (Å²) in [5.41, 5.74) is 0.131. The van der Waals surface area contributed by atoms with Crippen molar-refractivity contribution in [3.8, 4) is 0 Å². The molecule has 0 aromatic heterocycles. The van der Waals surface area contributed by atoms with Gasteiger partial charge in [0.25, 0.3) is 0 Å². The smallest absolute Gasteiger partial charge is 0.407 e. The third-order valence-electron chi connectivity index (χ3n) is 3.68. The lowest BCUT2D eigenvalue weighted by Gasteiger charge is -2.62. The Morgan fingerprint density at radius 3 is 2.57 bits per heavy atom. The number of fused-ring (bicyclic) bond motifs is 2. The standard InChI is InChI=1S/C10H18N2O2/c1-9(2,3)10-4-7(11-10)5-12(6-10)8(13)14/h7,11H,4-6H2,1-3H3,(H,13,14)/t7-,10-/m1/s1. The highest BCUT2D eigenvalue weighted by Gasteiger charge is 2.56. The number of nitrogens with one attached hydrogen (secondary N) is 1. The SMILES string of the molecule is CC(C)(C)[C@@]12C[C@H](CN(C(=O)O)C1)N2. The lowest BCUT2D eigenvalue weighted by atomic mass is 9.62. The second-order valence-electron chi connectivity index (χ2n) is 5.54. The van der Waals surface area contributed by atoms with Gasteiger partial charge >= 0.3 is 6.09 Å². The van der Waals surface area contributed by atoms with E-state index in [1.54, 1.807) is 0 Å². The molecular formula is C10H18N2O2. The third-order valence-corrected chi connectivity index (χ3v) is 3.68. The molecule has 1 amide bonds. The van der Waals surface area contributed by atoms with Crippen LogP contribution in [0.2, 0.25) is 0 Å². The first-order valence-electron chi connectivity index (χ1n) is 5.10. The van der Waals surface area contributed by atoms with Crippen LogP contribution in [0.4, 0.5) is 4.79 Å². The maximum absolute atomic E-state index is 10.9. The van der Waals surface area contributed by atoms with Crippen LogP contribution in [0.1, 0.15) is 27.2 Å². The lowest BCUT2D eigenvalue weighted by Crippen LogP contribution is -2.80. The molecule has 2 N–H and O–H groups in total. The van der Waals surface area contributed by atoms with Crippen LogP contribution in [-0.2, 0) is 0 Å². The number of hydrogen-bond acceptors (Lipinski definition) is 2. The fourth-order valence-corrected chi connectivity index (χ4v) is 2.57. The van der Waals surface area contributed by atoms with Gasteiger partial charge in [-0.1, -0.05) is 20.8 Å². The van der Waals surface area contributed by atoms with Crippen LogP contribution >= 0.6 is 0 Å². The van der Waals surface area contributed by atoms with Crippen LogP contribution in [0, 0.1) is 5.41 Å². The number of piperidine rings is 1. The fourth-order valence-electron chi connectivity index (χ4n) is 2.57. The average molecular weight is 198 g/mol. The third kappa shape index (κ3) is 1.21. The van der Waals surface area contributed by atoms with Crippen molar-refractivity contribution in [2.45, 2.75) is 38.8 Å². The predicted octanol–water partition coefficient (Wildman–Crippen LogP) is 1.13. The molecule has 4 nitrogen and oxygen atoms in total. The van der Waals surface area contributed by atoms with Crippen LogP contribution in [0.25, 0.3) is 0 Å². The molecule has 2 bridgehead atoms. The number of carbonyl (C=O) groups is 1. The molecule has 0 radical (unpaired) electrons. The van der Waals surface area contributed by atoms with E-state index in [-0.39, 0.29) is 11.0 Å². The summed E-state index contributed by atoms with van der Waals surface area (Å²) in [6.07, 6.45) is 0.324. The molecule has 3 fully saturated rings. The Hall–Kier alpha value is -0.770. The van der Waals surface area contributed by atoms with Crippen LogP contribution in [-0.4, -0.2) is 40.8 Å². The zero-order valence-corrected chi connectivity index (χ0v) is 9.00. The molecule has 0 aromatic rings. The van der Waals surface area contributed by atoms with Gasteiger partial charge < -0.3 is 15.3 Å². The minimum absolute atomic E-state index is 0.00824. The van der Waals surface area contributed by atoms with Crippen molar-refractivity contribution in [1.82, 2.24) is 10.2 Å². The van der Waals surface area contributed by atoms with E-state index in [4.69, 9.17) is 5.11 Å². The van der Waals surface area contributed by atoms with E-state index >= 15 is 0 Å². The molecule has 0 aliphatic carbocycles. The van der Waals surface area contributed by atoms with Crippen molar-refractivity contribution in [2.24, 2.45) is 5.41 Å². The van der Waals surface area contributed by atoms with Gasteiger partial charge in [-0.05, 0) is 11.8 Å². The summed E-state index contributed by atoms with van der Waals surface area (Å²) in [4.78, 5) is 12.4. The van der Waals surface area contributed by atoms with Gasteiger partial charge in [0, 0.05) is 24.7 Å². The molecule has 80 valence electrons. The van der Waals surface area contributed by atoms with Gasteiger partial charge in [-0.25, -0.2) is 4.79 Å². The van der Waals surface area contributed by atoms with E-state index in [9.17, 15) is 4.79 Å². The van der Waals surface area contributed by atoms with Gasteiger partial charge in [0.2, 0.25) is 0 Å². The Balaban J connectivity index is 2.14. The summed E-state index contributed by atoms with van der Waals surface area (Å²) < 4.78 is 0. The van der Waals surface area contributed by atoms with Crippen LogP contribution in [0.15, 0.2) is 0 Å². The highest BCUT2D eigenvalue weighted by Crippen LogP contribution is 2.44. The Kier molecular flexibility index (Phi) is 1.83. The topological polar surface area (TPSA) is 52.6 Å². The van der Waals surface area contributed by atoms with Gasteiger partial charge in [-0.3, -0.25) is 0 Å². The minimum atomic E-state index is -0.787. The fraction of sp³-hybridized carbons (Fsp3) is 0.900. The Labute approximate surface area is 84.3 Å². The Bertz CT molecular complexity index is 264. The van der Waals surface area contributed by atoms with Crippen molar-refractivity contribution in [1.29, 1.82) is 0 Å². The largest absolute Gasteiger partial charge is 0.465 e. The molecule has 3 heterocycles. The molecule has 0 spiro atoms. The Morgan fingerprint density at radius 2 is 2.14 bits per heavy atom. The number of carboxylic acid groups (broad SMARTS) is 1. The van der Waals surface area contributed by atoms with Crippen LogP contribution < -0.4 is 5.32 Å². The van der Waals surface area contributed by atoms with Crippen LogP contribution in [0.5, 0.6) is 0 Å². The second-order valence-corrected chi connectivity index (χ2v) is 5.54. The Morgan fingerprint density at radius 1 is 1.57 bits per heavy atom. The zero-order chi connectivity index (χ0) is 10.6. The summed E-state index contributed by atoms with van der Waals surface area (Å²) in [5.74, 6) is 0. The summed E-state index contributed by atoms with van der Waals surface area (Å²) in [7, 11) is 0. The number of nitrogens with zero attached hydrogens (tertiary/aromatic N) is 1. The summed E-state index contributed by atoms with van der Waals surface area (Å²) in [6, 6.07) is 0.374. The molecule has 0 aromatic carbocycles. The molecular weight excluding hydrogens is 180 g/mol. The molecule has 3 rings (SSSR count). The zero-order valence-electron chi connectivity index (χ0n) is 9.00. The minimum Gasteiger partial charge on any atom is -0.465 e. The second kappa shape index (κ2) is 2.63. The molecule has 0 unspecified atom stereocenters. The quantitative estimate of drug-likeness (QED) is 0.613. The maximum Gasteiger partial charge on any atom is 0.407 e. The van der Waals surface area contributed by atoms with Crippen molar-refractivity contribution >= 4 is 6.09 Å². The van der Waals surface area contributed by atoms with Gasteiger partial charge in [-0.15, -0.1) is 0 Å². The maximum atomic E-state index is 10.9. The first-order chi connectivity index (χ1) is 6.34. The van der Waals surface area contributed by atoms with Gasteiger partial charge in [0.05, 0.1) is 0 Å². The van der Waals surface area contributed by atoms with Crippen LogP contribution in [0.3, 0.4) is 0 Å². The average Bonchev–Trinajstić information content (AvgIpc) is 2.00. The first kappa shape index (κ1) is 9.77. The van der Waals surface area contributed by atoms with E-state index in [1.807, 2.05) is 0 Å². The van der Waals surface area contributed by atoms with E-state index in [2.05, 4.69) is 26.1 Å². The van der Waals surface area contributed by atoms with Crippen molar-refractivity contribution in [3.05, 3.63) is 0 Å².